The van der Waals surface area contributed by atoms with Crippen molar-refractivity contribution in [2.75, 3.05) is 0 Å². The molecule has 4 heteroatoms. The molecule has 2 unspecified atom stereocenters. The molecular weight excluding hydrogens is 272 g/mol. The molecule has 1 aromatic carbocycles. The van der Waals surface area contributed by atoms with Crippen LogP contribution in [-0.2, 0) is 4.79 Å². The first-order valence-corrected chi connectivity index (χ1v) is 7.26. The van der Waals surface area contributed by atoms with E-state index in [-0.39, 0.29) is 30.4 Å². The molecule has 1 aliphatic rings. The van der Waals surface area contributed by atoms with Crippen LogP contribution < -0.4 is 11.1 Å². The molecule has 20 heavy (non-hydrogen) atoms. The summed E-state index contributed by atoms with van der Waals surface area (Å²) in [6, 6.07) is 10.4. The maximum atomic E-state index is 12.0. The van der Waals surface area contributed by atoms with Crippen molar-refractivity contribution in [3.63, 3.8) is 0 Å². The molecule has 0 radical (unpaired) electrons. The van der Waals surface area contributed by atoms with E-state index in [2.05, 4.69) is 17.4 Å². The summed E-state index contributed by atoms with van der Waals surface area (Å²) >= 11 is 0. The lowest BCUT2D eigenvalue weighted by atomic mass is 9.91. The topological polar surface area (TPSA) is 55.1 Å². The van der Waals surface area contributed by atoms with E-state index in [1.54, 1.807) is 0 Å². The van der Waals surface area contributed by atoms with Gasteiger partial charge < -0.3 is 11.1 Å². The van der Waals surface area contributed by atoms with Gasteiger partial charge in [0.15, 0.2) is 0 Å². The molecule has 0 aromatic heterocycles. The van der Waals surface area contributed by atoms with Gasteiger partial charge in [-0.2, -0.15) is 0 Å². The van der Waals surface area contributed by atoms with Crippen molar-refractivity contribution in [1.82, 2.24) is 5.32 Å². The maximum absolute atomic E-state index is 12.0. The minimum absolute atomic E-state index is 0. The molecule has 112 valence electrons. The Morgan fingerprint density at radius 3 is 2.45 bits per heavy atom. The first-order chi connectivity index (χ1) is 9.16. The molecule has 0 heterocycles. The van der Waals surface area contributed by atoms with E-state index in [4.69, 9.17) is 5.73 Å². The molecule has 1 amide bonds. The lowest BCUT2D eigenvalue weighted by Crippen LogP contribution is -2.35. The molecule has 0 aliphatic heterocycles. The van der Waals surface area contributed by atoms with E-state index in [0.717, 1.165) is 0 Å². The van der Waals surface area contributed by atoms with Crippen LogP contribution in [-0.4, -0.2) is 11.9 Å². The summed E-state index contributed by atoms with van der Waals surface area (Å²) in [7, 11) is 0. The Labute approximate surface area is 127 Å². The smallest absolute Gasteiger partial charge is 0.222 e. The molecule has 1 aromatic rings. The van der Waals surface area contributed by atoms with Gasteiger partial charge in [-0.3, -0.25) is 4.79 Å². The molecule has 2 rings (SSSR count). The summed E-state index contributed by atoms with van der Waals surface area (Å²) in [4.78, 5) is 12.0. The van der Waals surface area contributed by atoms with Crippen molar-refractivity contribution in [3.05, 3.63) is 35.9 Å². The van der Waals surface area contributed by atoms with Gasteiger partial charge in [-0.1, -0.05) is 43.2 Å². The van der Waals surface area contributed by atoms with E-state index in [1.165, 1.54) is 31.2 Å². The highest BCUT2D eigenvalue weighted by atomic mass is 35.5. The summed E-state index contributed by atoms with van der Waals surface area (Å²) < 4.78 is 0. The van der Waals surface area contributed by atoms with Gasteiger partial charge in [0.1, 0.15) is 0 Å². The zero-order chi connectivity index (χ0) is 13.7. The van der Waals surface area contributed by atoms with E-state index in [0.29, 0.717) is 12.3 Å². The predicted molar refractivity (Wildman–Crippen MR) is 84.8 cm³/mol. The SMILES string of the molecule is CC(N)CC(=O)NC(c1ccccc1)C1CCCC1.Cl. The van der Waals surface area contributed by atoms with Gasteiger partial charge >= 0.3 is 0 Å². The minimum atomic E-state index is -0.0833. The van der Waals surface area contributed by atoms with Crippen LogP contribution in [0.3, 0.4) is 0 Å². The largest absolute Gasteiger partial charge is 0.349 e. The van der Waals surface area contributed by atoms with Crippen LogP contribution >= 0.6 is 12.4 Å². The molecule has 0 saturated heterocycles. The Kier molecular flexibility index (Phi) is 7.03. The van der Waals surface area contributed by atoms with Crippen LogP contribution in [0.5, 0.6) is 0 Å². The number of nitrogens with one attached hydrogen (secondary N) is 1. The highest BCUT2D eigenvalue weighted by molar-refractivity contribution is 5.85. The van der Waals surface area contributed by atoms with E-state index in [9.17, 15) is 4.79 Å². The second-order valence-corrected chi connectivity index (χ2v) is 5.68. The van der Waals surface area contributed by atoms with Gasteiger partial charge in [-0.05, 0) is 31.2 Å². The monoisotopic (exact) mass is 296 g/mol. The predicted octanol–water partition coefficient (Wildman–Crippen LogP) is 3.19. The van der Waals surface area contributed by atoms with Crippen LogP contribution in [0, 0.1) is 5.92 Å². The molecule has 3 N–H and O–H groups in total. The average Bonchev–Trinajstić information content (AvgIpc) is 2.90. The Morgan fingerprint density at radius 2 is 1.90 bits per heavy atom. The first-order valence-electron chi connectivity index (χ1n) is 7.26. The molecule has 1 fully saturated rings. The second-order valence-electron chi connectivity index (χ2n) is 5.68. The van der Waals surface area contributed by atoms with Gasteiger partial charge in [-0.25, -0.2) is 0 Å². The number of carbonyl (C=O) groups excluding carboxylic acids is 1. The molecule has 1 aliphatic carbocycles. The fourth-order valence-electron chi connectivity index (χ4n) is 2.95. The Bertz CT molecular complexity index is 402. The van der Waals surface area contributed by atoms with Crippen molar-refractivity contribution in [1.29, 1.82) is 0 Å². The summed E-state index contributed by atoms with van der Waals surface area (Å²) in [5.41, 5.74) is 6.92. The fourth-order valence-corrected chi connectivity index (χ4v) is 2.95. The molecular formula is C16H25ClN2O. The van der Waals surface area contributed by atoms with Crippen molar-refractivity contribution in [2.24, 2.45) is 11.7 Å². The van der Waals surface area contributed by atoms with Crippen LogP contribution in [0.15, 0.2) is 30.3 Å². The summed E-state index contributed by atoms with van der Waals surface area (Å²) in [6.45, 7) is 1.87. The molecule has 1 saturated carbocycles. The van der Waals surface area contributed by atoms with Crippen LogP contribution in [0.25, 0.3) is 0 Å². The number of nitrogens with two attached hydrogens (primary N) is 1. The third-order valence-corrected chi connectivity index (χ3v) is 3.85. The zero-order valence-electron chi connectivity index (χ0n) is 12.0. The Hall–Kier alpha value is -1.06. The van der Waals surface area contributed by atoms with Crippen LogP contribution in [0.1, 0.15) is 50.6 Å². The van der Waals surface area contributed by atoms with Gasteiger partial charge in [0.05, 0.1) is 6.04 Å². The Balaban J connectivity index is 0.00000200. The fraction of sp³-hybridized carbons (Fsp3) is 0.562. The zero-order valence-corrected chi connectivity index (χ0v) is 12.9. The lowest BCUT2D eigenvalue weighted by molar-refractivity contribution is -0.122. The lowest BCUT2D eigenvalue weighted by Gasteiger charge is -2.25. The Morgan fingerprint density at radius 1 is 1.30 bits per heavy atom. The number of rotatable bonds is 5. The van der Waals surface area contributed by atoms with E-state index >= 15 is 0 Å². The third kappa shape index (κ3) is 4.80. The number of amides is 1. The highest BCUT2D eigenvalue weighted by Crippen LogP contribution is 2.35. The van der Waals surface area contributed by atoms with E-state index < -0.39 is 0 Å². The van der Waals surface area contributed by atoms with Crippen LogP contribution in [0.2, 0.25) is 0 Å². The normalized spacial score (nSPS) is 18.1. The summed E-state index contributed by atoms with van der Waals surface area (Å²) in [5, 5.41) is 3.19. The van der Waals surface area contributed by atoms with E-state index in [1.807, 2.05) is 25.1 Å². The standard InChI is InChI=1S/C16H24N2O.ClH/c1-12(17)11-15(19)18-16(14-9-5-6-10-14)13-7-3-2-4-8-13;/h2-4,7-8,12,14,16H,5-6,9-11,17H2,1H3,(H,18,19);1H. The average molecular weight is 297 g/mol. The van der Waals surface area contributed by atoms with Gasteiger partial charge in [0, 0.05) is 12.5 Å². The van der Waals surface area contributed by atoms with Crippen molar-refractivity contribution < 1.29 is 4.79 Å². The first kappa shape index (κ1) is 17.0. The van der Waals surface area contributed by atoms with Gasteiger partial charge in [0.25, 0.3) is 0 Å². The van der Waals surface area contributed by atoms with Crippen molar-refractivity contribution in [2.45, 2.75) is 51.1 Å². The highest BCUT2D eigenvalue weighted by Gasteiger charge is 2.27. The molecule has 2 atom stereocenters. The second kappa shape index (κ2) is 8.28. The number of carbonyl (C=O) groups is 1. The number of hydrogen-bond acceptors (Lipinski definition) is 2. The number of benzene rings is 1. The summed E-state index contributed by atoms with van der Waals surface area (Å²) in [5.74, 6) is 0.634. The quantitative estimate of drug-likeness (QED) is 0.877. The number of hydrogen-bond donors (Lipinski definition) is 2. The van der Waals surface area contributed by atoms with Gasteiger partial charge in [0.2, 0.25) is 5.91 Å². The molecule has 0 bridgehead atoms. The van der Waals surface area contributed by atoms with Crippen LogP contribution in [0.4, 0.5) is 0 Å². The van der Waals surface area contributed by atoms with Gasteiger partial charge in [-0.15, -0.1) is 12.4 Å². The molecule has 3 nitrogen and oxygen atoms in total. The summed E-state index contributed by atoms with van der Waals surface area (Å²) in [6.07, 6.45) is 5.36. The number of halogens is 1. The maximum Gasteiger partial charge on any atom is 0.222 e. The molecule has 0 spiro atoms. The van der Waals surface area contributed by atoms with Crippen molar-refractivity contribution >= 4 is 18.3 Å². The van der Waals surface area contributed by atoms with Crippen molar-refractivity contribution in [3.8, 4) is 0 Å². The minimum Gasteiger partial charge on any atom is -0.349 e. The third-order valence-electron chi connectivity index (χ3n) is 3.85.